The number of benzene rings is 1. The minimum absolute atomic E-state index is 0.185. The van der Waals surface area contributed by atoms with Crippen LogP contribution in [0.2, 0.25) is 0 Å². The first-order valence-corrected chi connectivity index (χ1v) is 16.1. The monoisotopic (exact) mass is 585 g/mol. The molecular formula is C33H51N3O4S. The molecule has 1 aromatic carbocycles. The molecule has 0 spiro atoms. The average molecular weight is 586 g/mol. The van der Waals surface area contributed by atoms with Crippen molar-refractivity contribution in [2.75, 3.05) is 6.54 Å². The molecule has 0 radical (unpaired) electrons. The molecule has 1 atom stereocenters. The van der Waals surface area contributed by atoms with E-state index in [9.17, 15) is 18.9 Å². The third-order valence-electron chi connectivity index (χ3n) is 8.07. The molecule has 1 unspecified atom stereocenters. The van der Waals surface area contributed by atoms with Gasteiger partial charge in [0.1, 0.15) is 11.0 Å². The highest BCUT2D eigenvalue weighted by molar-refractivity contribution is 7.83. The Morgan fingerprint density at radius 3 is 2.20 bits per heavy atom. The van der Waals surface area contributed by atoms with Crippen molar-refractivity contribution in [3.8, 4) is 11.3 Å². The fourth-order valence-corrected chi connectivity index (χ4v) is 6.86. The summed E-state index contributed by atoms with van der Waals surface area (Å²) in [5.41, 5.74) is 3.07. The van der Waals surface area contributed by atoms with Gasteiger partial charge in [-0.3, -0.25) is 9.59 Å². The summed E-state index contributed by atoms with van der Waals surface area (Å²) in [6.07, 6.45) is 6.48. The Labute approximate surface area is 249 Å². The minimum atomic E-state index is -1.37. The highest BCUT2D eigenvalue weighted by Gasteiger charge is 2.29. The number of carboxylic acid groups (broad SMARTS) is 1. The molecule has 0 saturated heterocycles. The summed E-state index contributed by atoms with van der Waals surface area (Å²) < 4.78 is 18.9. The largest absolute Gasteiger partial charge is 0.481 e. The van der Waals surface area contributed by atoms with Crippen molar-refractivity contribution in [1.82, 2.24) is 14.6 Å². The van der Waals surface area contributed by atoms with Crippen LogP contribution in [0.4, 0.5) is 0 Å². The average Bonchev–Trinajstić information content (AvgIpc) is 3.18. The molecule has 3 N–H and O–H groups in total. The smallest absolute Gasteiger partial charge is 0.309 e. The van der Waals surface area contributed by atoms with E-state index in [1.54, 1.807) is 13.8 Å². The third-order valence-corrected chi connectivity index (χ3v) is 9.63. The second-order valence-electron chi connectivity index (χ2n) is 14.4. The summed E-state index contributed by atoms with van der Waals surface area (Å²) in [7, 11) is -1.37. The number of carboxylic acids is 1. The van der Waals surface area contributed by atoms with Gasteiger partial charge in [-0.05, 0) is 101 Å². The van der Waals surface area contributed by atoms with E-state index < -0.39 is 22.4 Å². The number of carbonyl (C=O) groups excluding carboxylic acids is 1. The molecule has 3 rings (SSSR count). The zero-order chi connectivity index (χ0) is 30.8. The Morgan fingerprint density at radius 2 is 1.63 bits per heavy atom. The van der Waals surface area contributed by atoms with Crippen LogP contribution in [0.25, 0.3) is 11.3 Å². The first-order valence-electron chi connectivity index (χ1n) is 15.0. The van der Waals surface area contributed by atoms with Crippen molar-refractivity contribution >= 4 is 22.9 Å². The molecule has 1 aliphatic carbocycles. The summed E-state index contributed by atoms with van der Waals surface area (Å²) in [4.78, 5) is 25.7. The van der Waals surface area contributed by atoms with E-state index in [-0.39, 0.29) is 23.4 Å². The van der Waals surface area contributed by atoms with Gasteiger partial charge in [0.25, 0.3) is 5.91 Å². The van der Waals surface area contributed by atoms with Gasteiger partial charge in [-0.1, -0.05) is 46.1 Å². The van der Waals surface area contributed by atoms with Crippen LogP contribution < -0.4 is 10.0 Å². The van der Waals surface area contributed by atoms with Crippen LogP contribution in [0, 0.1) is 18.3 Å². The lowest BCUT2D eigenvalue weighted by Gasteiger charge is -2.27. The van der Waals surface area contributed by atoms with Gasteiger partial charge in [0, 0.05) is 30.0 Å². The maximum Gasteiger partial charge on any atom is 0.309 e. The first kappa shape index (κ1) is 33.1. The highest BCUT2D eigenvalue weighted by Crippen LogP contribution is 2.36. The number of aromatic nitrogens is 1. The Morgan fingerprint density at radius 1 is 1.00 bits per heavy atom. The second kappa shape index (κ2) is 12.8. The van der Waals surface area contributed by atoms with Gasteiger partial charge in [-0.2, -0.15) is 0 Å². The Bertz CT molecular complexity index is 1270. The number of amides is 1. The summed E-state index contributed by atoms with van der Waals surface area (Å²) >= 11 is 0. The predicted octanol–water partition coefficient (Wildman–Crippen LogP) is 6.98. The molecule has 1 saturated carbocycles. The molecular weight excluding hydrogens is 534 g/mol. The molecule has 1 aliphatic rings. The number of nitrogens with zero attached hydrogens (tertiary/aromatic N) is 1. The fourth-order valence-electron chi connectivity index (χ4n) is 5.44. The van der Waals surface area contributed by atoms with Gasteiger partial charge in [-0.25, -0.2) is 8.93 Å². The van der Waals surface area contributed by atoms with Crippen LogP contribution in [0.3, 0.4) is 0 Å². The highest BCUT2D eigenvalue weighted by atomic mass is 32.2. The quantitative estimate of drug-likeness (QED) is 0.280. The lowest BCUT2D eigenvalue weighted by molar-refractivity contribution is -0.147. The molecule has 1 heterocycles. The van der Waals surface area contributed by atoms with Crippen molar-refractivity contribution in [2.24, 2.45) is 11.3 Å². The Kier molecular flexibility index (Phi) is 10.3. The second-order valence-corrected chi connectivity index (χ2v) is 15.6. The van der Waals surface area contributed by atoms with Gasteiger partial charge in [-0.15, -0.1) is 0 Å². The molecule has 1 amide bonds. The number of hydrogen-bond donors (Lipinski definition) is 3. The predicted molar refractivity (Wildman–Crippen MR) is 168 cm³/mol. The number of carbonyl (C=O) groups is 2. The molecule has 0 aliphatic heterocycles. The van der Waals surface area contributed by atoms with Crippen LogP contribution in [0.15, 0.2) is 29.2 Å². The van der Waals surface area contributed by atoms with Crippen LogP contribution in [0.5, 0.6) is 0 Å². The Balaban J connectivity index is 2.04. The SMILES string of the molecule is Cc1c(C(=O)NCCC(C)(C)C(=O)O)cc(-c2ccc(S(=O)NC(C)(C)C)c(C(C)(C)C)c2)n1CC1CCCCC1. The van der Waals surface area contributed by atoms with E-state index in [1.807, 2.05) is 45.9 Å². The molecule has 2 aromatic rings. The zero-order valence-corrected chi connectivity index (χ0v) is 27.4. The van der Waals surface area contributed by atoms with E-state index in [0.717, 1.165) is 34.0 Å². The minimum Gasteiger partial charge on any atom is -0.481 e. The molecule has 41 heavy (non-hydrogen) atoms. The maximum atomic E-state index is 13.4. The van der Waals surface area contributed by atoms with Crippen LogP contribution in [0.1, 0.15) is 116 Å². The van der Waals surface area contributed by atoms with Crippen molar-refractivity contribution in [1.29, 1.82) is 0 Å². The lowest BCUT2D eigenvalue weighted by atomic mass is 9.85. The summed E-state index contributed by atoms with van der Waals surface area (Å²) in [5.74, 6) is -0.498. The van der Waals surface area contributed by atoms with Gasteiger partial charge in [0.05, 0.1) is 15.9 Å². The van der Waals surface area contributed by atoms with E-state index >= 15 is 0 Å². The topological polar surface area (TPSA) is 100 Å². The third kappa shape index (κ3) is 8.54. The molecule has 1 aromatic heterocycles. The number of aliphatic carboxylic acids is 1. The van der Waals surface area contributed by atoms with E-state index in [0.29, 0.717) is 17.9 Å². The standard InChI is InChI=1S/C33H51N3O4S/c1-22-25(29(37)34-18-17-33(8,9)30(38)39)20-27(36(22)21-23-13-11-10-12-14-23)24-15-16-28(26(19-24)31(2,3)4)41(40)35-32(5,6)7/h15-16,19-20,23,35H,10-14,17-18,21H2,1-9H3,(H,34,37)(H,38,39). The zero-order valence-electron chi connectivity index (χ0n) is 26.6. The lowest BCUT2D eigenvalue weighted by Crippen LogP contribution is -2.37. The number of hydrogen-bond acceptors (Lipinski definition) is 3. The van der Waals surface area contributed by atoms with Gasteiger partial charge in [0.15, 0.2) is 0 Å². The van der Waals surface area contributed by atoms with Crippen molar-refractivity contribution < 1.29 is 18.9 Å². The van der Waals surface area contributed by atoms with Crippen LogP contribution >= 0.6 is 0 Å². The summed E-state index contributed by atoms with van der Waals surface area (Å²) in [5, 5.41) is 12.4. The summed E-state index contributed by atoms with van der Waals surface area (Å²) in [6.45, 7) is 18.9. The van der Waals surface area contributed by atoms with Crippen molar-refractivity contribution in [3.63, 3.8) is 0 Å². The van der Waals surface area contributed by atoms with E-state index in [4.69, 9.17) is 0 Å². The molecule has 7 nitrogen and oxygen atoms in total. The van der Waals surface area contributed by atoms with Gasteiger partial charge in [0.2, 0.25) is 0 Å². The van der Waals surface area contributed by atoms with Crippen LogP contribution in [-0.4, -0.2) is 37.8 Å². The summed E-state index contributed by atoms with van der Waals surface area (Å²) in [6, 6.07) is 8.10. The van der Waals surface area contributed by atoms with Crippen molar-refractivity contribution in [2.45, 2.75) is 123 Å². The molecule has 0 bridgehead atoms. The van der Waals surface area contributed by atoms with Gasteiger partial charge < -0.3 is 15.0 Å². The van der Waals surface area contributed by atoms with Crippen LogP contribution in [-0.2, 0) is 27.7 Å². The number of nitrogens with one attached hydrogen (secondary N) is 2. The molecule has 228 valence electrons. The van der Waals surface area contributed by atoms with E-state index in [2.05, 4.69) is 41.4 Å². The Hall–Kier alpha value is -2.45. The van der Waals surface area contributed by atoms with Gasteiger partial charge >= 0.3 is 5.97 Å². The normalized spacial score (nSPS) is 16.0. The van der Waals surface area contributed by atoms with Crippen molar-refractivity contribution in [3.05, 3.63) is 41.1 Å². The maximum absolute atomic E-state index is 13.4. The first-order chi connectivity index (χ1) is 18.9. The molecule has 1 fully saturated rings. The van der Waals surface area contributed by atoms with E-state index in [1.165, 1.54) is 32.1 Å². The number of rotatable bonds is 10. The molecule has 8 heteroatoms. The fraction of sp³-hybridized carbons (Fsp3) is 0.636.